The van der Waals surface area contributed by atoms with Gasteiger partial charge < -0.3 is 16.4 Å². The van der Waals surface area contributed by atoms with Gasteiger partial charge >= 0.3 is 45.0 Å². The average Bonchev–Trinajstić information content (AvgIpc) is 0. The molecule has 0 saturated carbocycles. The normalized spacial score (nSPS) is 0. The number of hydrogen-bond donors (Lipinski definition) is 0. The third kappa shape index (κ3) is 27.8. The van der Waals surface area contributed by atoms with Gasteiger partial charge in [-0.3, -0.25) is 0 Å². The molecule has 0 spiro atoms. The summed E-state index contributed by atoms with van der Waals surface area (Å²) in [6.07, 6.45) is 0. The fourth-order valence-corrected chi connectivity index (χ4v) is 0. The van der Waals surface area contributed by atoms with E-state index in [1.165, 1.54) is 0 Å². The second-order valence-electron chi connectivity index (χ2n) is 0. The van der Waals surface area contributed by atoms with Crippen LogP contribution < -0.4 is 0 Å². The maximum absolute atomic E-state index is 0. The van der Waals surface area contributed by atoms with E-state index in [2.05, 4.69) is 0 Å². The molecule has 0 radical (unpaired) electrons. The predicted octanol–water partition coefficient (Wildman–Crippen LogP) is -2.59. The molecule has 0 aromatic heterocycles. The van der Waals surface area contributed by atoms with Crippen LogP contribution in [0, 0.1) is 45.0 Å². The molecule has 3 nitrogen and oxygen atoms in total. The molecule has 0 unspecified atom stereocenters. The monoisotopic (exact) mass is 318 g/mol. The summed E-state index contributed by atoms with van der Waals surface area (Å²) in [4.78, 5) is 0. The molecule has 0 saturated heterocycles. The summed E-state index contributed by atoms with van der Waals surface area (Å²) in [5.41, 5.74) is 0. The van der Waals surface area contributed by atoms with Crippen molar-refractivity contribution < 1.29 is 61.4 Å². The van der Waals surface area contributed by atoms with Crippen LogP contribution in [-0.4, -0.2) is 16.4 Å². The van der Waals surface area contributed by atoms with E-state index >= 15 is 0 Å². The molecule has 5 heteroatoms. The van der Waals surface area contributed by atoms with E-state index in [9.17, 15) is 0 Å². The van der Waals surface area contributed by atoms with Gasteiger partial charge in [-0.15, -0.1) is 12.4 Å². The van der Waals surface area contributed by atoms with Crippen LogP contribution in [0.25, 0.3) is 0 Å². The zero-order valence-electron chi connectivity index (χ0n) is 1.91. The average molecular weight is 319 g/mol. The van der Waals surface area contributed by atoms with Crippen molar-refractivity contribution >= 4 is 12.4 Å². The van der Waals surface area contributed by atoms with E-state index in [0.717, 1.165) is 0 Å². The summed E-state index contributed by atoms with van der Waals surface area (Å²) >= 11 is 0. The van der Waals surface area contributed by atoms with Gasteiger partial charge in [0.05, 0.1) is 0 Å². The van der Waals surface area contributed by atoms with Crippen LogP contribution >= 0.6 is 12.4 Å². The van der Waals surface area contributed by atoms with Crippen molar-refractivity contribution in [1.82, 2.24) is 0 Å². The van der Waals surface area contributed by atoms with Crippen LogP contribution in [-0.2, 0) is 0 Å². The third-order valence-electron chi connectivity index (χ3n) is 0. The second kappa shape index (κ2) is 45.2. The molecule has 0 aliphatic carbocycles. The molecule has 0 atom stereocenters. The number of hydrogen-bond acceptors (Lipinski definition) is 0. The van der Waals surface area contributed by atoms with Crippen molar-refractivity contribution in [2.45, 2.75) is 0 Å². The van der Waals surface area contributed by atoms with Crippen molar-refractivity contribution in [3.05, 3.63) is 0 Å². The Kier molecular flexibility index (Phi) is 711. The van der Waals surface area contributed by atoms with E-state index in [1.807, 2.05) is 0 Å². The van der Waals surface area contributed by atoms with E-state index < -0.39 is 0 Å². The molecular weight excluding hydrogens is 309 g/mol. The first-order chi connectivity index (χ1) is 0. The van der Waals surface area contributed by atoms with Crippen molar-refractivity contribution in [1.29, 1.82) is 0 Å². The molecule has 0 aliphatic heterocycles. The fourth-order valence-electron chi connectivity index (χ4n) is 0. The summed E-state index contributed by atoms with van der Waals surface area (Å²) in [7, 11) is 0. The molecule has 36 valence electrons. The topological polar surface area (TPSA) is 94.5 Å². The zero-order valence-corrected chi connectivity index (χ0v) is 2.72. The fraction of sp³-hybridized carbons (Fsp3) is 0. The molecule has 0 aliphatic rings. The summed E-state index contributed by atoms with van der Waals surface area (Å²) in [5.74, 6) is 0. The molecular formula is H9ClO3Ra. The Bertz CT molecular complexity index is 6.85. The quantitative estimate of drug-likeness (QED) is 0.469. The van der Waals surface area contributed by atoms with Gasteiger partial charge in [0, 0.05) is 0 Å². The Morgan fingerprint density at radius 2 is 0.600 bits per heavy atom. The SMILES string of the molecule is Cl.O.O.O.[RaH2]. The molecule has 0 fully saturated rings. The Balaban J connectivity index is 0. The van der Waals surface area contributed by atoms with E-state index in [4.69, 9.17) is 0 Å². The Morgan fingerprint density at radius 1 is 0.600 bits per heavy atom. The zero-order chi connectivity index (χ0) is 0. The second-order valence-corrected chi connectivity index (χ2v) is 0. The van der Waals surface area contributed by atoms with Crippen LogP contribution in [0.3, 0.4) is 0 Å². The van der Waals surface area contributed by atoms with Crippen molar-refractivity contribution in [2.24, 2.45) is 0 Å². The van der Waals surface area contributed by atoms with E-state index in [-0.39, 0.29) is 73.8 Å². The molecule has 0 bridgehead atoms. The molecule has 0 amide bonds. The minimum absolute atomic E-state index is 0. The number of halogens is 1. The van der Waals surface area contributed by atoms with Crippen LogP contribution in [0.5, 0.6) is 0 Å². The molecule has 0 aromatic carbocycles. The third-order valence-corrected chi connectivity index (χ3v) is 0. The van der Waals surface area contributed by atoms with Gasteiger partial charge in [0.2, 0.25) is 0 Å². The first-order valence-corrected chi connectivity index (χ1v) is 0. The molecule has 0 heterocycles. The van der Waals surface area contributed by atoms with Gasteiger partial charge in [0.25, 0.3) is 0 Å². The maximum atomic E-state index is 0. The minimum atomic E-state index is 0. The van der Waals surface area contributed by atoms with Crippen LogP contribution in [0.2, 0.25) is 0 Å². The van der Waals surface area contributed by atoms with Gasteiger partial charge in [-0.2, -0.15) is 0 Å². The first-order valence-electron chi connectivity index (χ1n) is 0. The molecule has 6 N–H and O–H groups in total. The van der Waals surface area contributed by atoms with Crippen LogP contribution in [0.1, 0.15) is 0 Å². The molecule has 5 heavy (non-hydrogen) atoms. The van der Waals surface area contributed by atoms with Crippen LogP contribution in [0.15, 0.2) is 0 Å². The van der Waals surface area contributed by atoms with Gasteiger partial charge in [0.1, 0.15) is 0 Å². The van der Waals surface area contributed by atoms with Gasteiger partial charge in [-0.25, -0.2) is 0 Å². The number of rotatable bonds is 0. The van der Waals surface area contributed by atoms with Crippen molar-refractivity contribution in [3.8, 4) is 0 Å². The van der Waals surface area contributed by atoms with Crippen LogP contribution in [0.4, 0.5) is 0 Å². The van der Waals surface area contributed by atoms with Crippen molar-refractivity contribution in [2.75, 3.05) is 0 Å². The first kappa shape index (κ1) is 78.7. The van der Waals surface area contributed by atoms with E-state index in [1.54, 1.807) is 0 Å². The van der Waals surface area contributed by atoms with Crippen molar-refractivity contribution in [3.63, 3.8) is 0 Å². The Morgan fingerprint density at radius 3 is 0.600 bits per heavy atom. The van der Waals surface area contributed by atoms with E-state index in [0.29, 0.717) is 0 Å². The summed E-state index contributed by atoms with van der Waals surface area (Å²) < 4.78 is 0. The predicted molar refractivity (Wildman–Crippen MR) is 20.9 cm³/mol. The molecule has 0 aromatic rings. The van der Waals surface area contributed by atoms with Gasteiger partial charge in [0.15, 0.2) is 0 Å². The van der Waals surface area contributed by atoms with Gasteiger partial charge in [-0.05, 0) is 0 Å². The summed E-state index contributed by atoms with van der Waals surface area (Å²) in [6, 6.07) is 0. The van der Waals surface area contributed by atoms with Gasteiger partial charge in [-0.1, -0.05) is 0 Å². The molecule has 0 rings (SSSR count). The summed E-state index contributed by atoms with van der Waals surface area (Å²) in [6.45, 7) is 0. The standard InChI is InChI=1S/ClH.3H2O.Ra.2H/h1H;3*1H2;;;. The Labute approximate surface area is 72.9 Å². The Hall–Kier alpha value is 1.64. The summed E-state index contributed by atoms with van der Waals surface area (Å²) in [5, 5.41) is 0.